The third-order valence-corrected chi connectivity index (χ3v) is 8.45. The van der Waals surface area contributed by atoms with Crippen LogP contribution in [0.1, 0.15) is 24.2 Å². The van der Waals surface area contributed by atoms with E-state index in [-0.39, 0.29) is 24.3 Å². The van der Waals surface area contributed by atoms with Gasteiger partial charge in [-0.05, 0) is 24.6 Å². The molecule has 7 nitrogen and oxygen atoms in total. The molecule has 0 aliphatic carbocycles. The van der Waals surface area contributed by atoms with Crippen molar-refractivity contribution in [2.45, 2.75) is 51.0 Å². The van der Waals surface area contributed by atoms with Gasteiger partial charge in [0.05, 0.1) is 0 Å². The fourth-order valence-electron chi connectivity index (χ4n) is 3.58. The average Bonchev–Trinajstić information content (AvgIpc) is 3.16. The molecule has 0 spiro atoms. The lowest BCUT2D eigenvalue weighted by Gasteiger charge is -2.16. The van der Waals surface area contributed by atoms with Gasteiger partial charge in [-0.1, -0.05) is 44.8 Å². The maximum absolute atomic E-state index is 15.7. The van der Waals surface area contributed by atoms with E-state index in [1.807, 2.05) is 0 Å². The number of pyridine rings is 1. The van der Waals surface area contributed by atoms with Crippen LogP contribution in [0.5, 0.6) is 0 Å². The molecule has 0 aliphatic rings. The van der Waals surface area contributed by atoms with Crippen LogP contribution in [0.15, 0.2) is 48.9 Å². The van der Waals surface area contributed by atoms with E-state index in [1.165, 1.54) is 6.07 Å². The van der Waals surface area contributed by atoms with Crippen LogP contribution in [-0.4, -0.2) is 37.9 Å². The Kier molecular flexibility index (Phi) is 7.83. The van der Waals surface area contributed by atoms with Crippen LogP contribution < -0.4 is 5.14 Å². The summed E-state index contributed by atoms with van der Waals surface area (Å²) in [6.07, 6.45) is 5.18. The molecule has 0 amide bonds. The highest BCUT2D eigenvalue weighted by atomic mass is 32.2. The number of ether oxygens (including phenoxy) is 1. The molecule has 3 aromatic rings. The van der Waals surface area contributed by atoms with Crippen molar-refractivity contribution >= 4 is 18.1 Å². The lowest BCUT2D eigenvalue weighted by molar-refractivity contribution is 0.0788. The molecular weight excluding hydrogens is 459 g/mol. The van der Waals surface area contributed by atoms with E-state index in [2.05, 4.69) is 29.7 Å². The summed E-state index contributed by atoms with van der Waals surface area (Å²) in [7, 11) is -5.18. The standard InChI is InChI=1S/C23H31FN4O3SSi/c1-5-21(32(25,29)30)19-8-6-7-18(22(19)24)20-15-28(16-31-13-14-33(2,3)4)27-23(20)17-9-11-26-12-10-17/h6-12,15,21H,5,13-14,16H2,1-4H3,(H2,25,29,30). The number of primary sulfonamides is 1. The predicted octanol–water partition coefficient (Wildman–Crippen LogP) is 4.80. The van der Waals surface area contributed by atoms with E-state index in [1.54, 1.807) is 54.5 Å². The molecular formula is C23H31FN4O3SSi. The summed E-state index contributed by atoms with van der Waals surface area (Å²) in [6, 6.07) is 9.34. The van der Waals surface area contributed by atoms with Gasteiger partial charge in [0, 0.05) is 55.5 Å². The molecule has 10 heteroatoms. The van der Waals surface area contributed by atoms with E-state index >= 15 is 4.39 Å². The van der Waals surface area contributed by atoms with Gasteiger partial charge >= 0.3 is 0 Å². The van der Waals surface area contributed by atoms with Crippen molar-refractivity contribution in [2.75, 3.05) is 6.61 Å². The van der Waals surface area contributed by atoms with Crippen LogP contribution in [0.2, 0.25) is 25.7 Å². The molecule has 1 aromatic carbocycles. The summed E-state index contributed by atoms with van der Waals surface area (Å²) in [5.74, 6) is -0.618. The molecule has 33 heavy (non-hydrogen) atoms. The van der Waals surface area contributed by atoms with Crippen molar-refractivity contribution in [3.8, 4) is 22.4 Å². The number of nitrogens with two attached hydrogens (primary N) is 1. The van der Waals surface area contributed by atoms with Crippen molar-refractivity contribution in [2.24, 2.45) is 5.14 Å². The van der Waals surface area contributed by atoms with Crippen molar-refractivity contribution in [1.82, 2.24) is 14.8 Å². The van der Waals surface area contributed by atoms with Crippen LogP contribution in [0.4, 0.5) is 4.39 Å². The smallest absolute Gasteiger partial charge is 0.216 e. The first-order valence-electron chi connectivity index (χ1n) is 10.9. The zero-order valence-corrected chi connectivity index (χ0v) is 21.3. The molecule has 2 heterocycles. The second kappa shape index (κ2) is 10.2. The van der Waals surface area contributed by atoms with Gasteiger partial charge in [-0.15, -0.1) is 0 Å². The second-order valence-electron chi connectivity index (χ2n) is 9.21. The molecule has 1 unspecified atom stereocenters. The zero-order valence-electron chi connectivity index (χ0n) is 19.5. The SMILES string of the molecule is CCC(c1cccc(-c2cn(COCC[Si](C)(C)C)nc2-c2ccncc2)c1F)S(N)(=O)=O. The molecule has 0 bridgehead atoms. The molecule has 1 atom stereocenters. The first kappa shape index (κ1) is 25.2. The topological polar surface area (TPSA) is 100 Å². The normalized spacial score (nSPS) is 13.3. The number of hydrogen-bond acceptors (Lipinski definition) is 5. The molecule has 2 aromatic heterocycles. The fourth-order valence-corrected chi connectivity index (χ4v) is 5.34. The van der Waals surface area contributed by atoms with Gasteiger partial charge in [0.15, 0.2) is 0 Å². The summed E-state index contributed by atoms with van der Waals surface area (Å²) in [4.78, 5) is 4.05. The minimum Gasteiger partial charge on any atom is -0.360 e. The van der Waals surface area contributed by atoms with Gasteiger partial charge in [0.1, 0.15) is 23.5 Å². The van der Waals surface area contributed by atoms with Crippen molar-refractivity contribution < 1.29 is 17.5 Å². The minimum atomic E-state index is -3.96. The highest BCUT2D eigenvalue weighted by Crippen LogP contribution is 2.36. The molecule has 0 fully saturated rings. The zero-order chi connectivity index (χ0) is 24.2. The lowest BCUT2D eigenvalue weighted by atomic mass is 9.98. The minimum absolute atomic E-state index is 0.0531. The molecule has 178 valence electrons. The van der Waals surface area contributed by atoms with Crippen LogP contribution in [0.25, 0.3) is 22.4 Å². The van der Waals surface area contributed by atoms with Crippen molar-refractivity contribution in [3.05, 3.63) is 60.3 Å². The van der Waals surface area contributed by atoms with Crippen LogP contribution >= 0.6 is 0 Å². The Morgan fingerprint density at radius 2 is 1.85 bits per heavy atom. The number of hydrogen-bond donors (Lipinski definition) is 1. The predicted molar refractivity (Wildman–Crippen MR) is 131 cm³/mol. The molecule has 2 N–H and O–H groups in total. The Morgan fingerprint density at radius 1 is 1.15 bits per heavy atom. The Bertz CT molecular complexity index is 1190. The third-order valence-electron chi connectivity index (χ3n) is 5.37. The van der Waals surface area contributed by atoms with Gasteiger partial charge in [0.2, 0.25) is 10.0 Å². The second-order valence-corrected chi connectivity index (χ2v) is 16.6. The first-order chi connectivity index (χ1) is 15.5. The Labute approximate surface area is 195 Å². The van der Waals surface area contributed by atoms with E-state index in [4.69, 9.17) is 9.88 Å². The number of rotatable bonds is 10. The third kappa shape index (κ3) is 6.35. The van der Waals surface area contributed by atoms with Gasteiger partial charge in [0.25, 0.3) is 0 Å². The number of aromatic nitrogens is 3. The highest BCUT2D eigenvalue weighted by molar-refractivity contribution is 7.89. The Balaban J connectivity index is 2.03. The first-order valence-corrected chi connectivity index (χ1v) is 16.2. The molecule has 0 aliphatic heterocycles. The van der Waals surface area contributed by atoms with E-state index in [0.29, 0.717) is 17.9 Å². The monoisotopic (exact) mass is 490 g/mol. The highest BCUT2D eigenvalue weighted by Gasteiger charge is 2.27. The van der Waals surface area contributed by atoms with Crippen molar-refractivity contribution in [3.63, 3.8) is 0 Å². The average molecular weight is 491 g/mol. The fraction of sp³-hybridized carbons (Fsp3) is 0.391. The van der Waals surface area contributed by atoms with Crippen molar-refractivity contribution in [1.29, 1.82) is 0 Å². The van der Waals surface area contributed by atoms with Gasteiger partial charge in [-0.25, -0.2) is 22.6 Å². The number of halogens is 1. The summed E-state index contributed by atoms with van der Waals surface area (Å²) in [5, 5.41) is 8.89. The van der Waals surface area contributed by atoms with E-state index in [9.17, 15) is 8.42 Å². The maximum Gasteiger partial charge on any atom is 0.216 e. The van der Waals surface area contributed by atoms with Crippen LogP contribution in [0, 0.1) is 5.82 Å². The summed E-state index contributed by atoms with van der Waals surface area (Å²) in [5.41, 5.74) is 2.18. The quantitative estimate of drug-likeness (QED) is 0.325. The summed E-state index contributed by atoms with van der Waals surface area (Å²) < 4.78 is 47.2. The Hall–Kier alpha value is -2.40. The Morgan fingerprint density at radius 3 is 2.45 bits per heavy atom. The maximum atomic E-state index is 15.7. The largest absolute Gasteiger partial charge is 0.360 e. The van der Waals surface area contributed by atoms with Crippen LogP contribution in [0.3, 0.4) is 0 Å². The van der Waals surface area contributed by atoms with Crippen LogP contribution in [-0.2, 0) is 21.5 Å². The number of nitrogens with zero attached hydrogens (tertiary/aromatic N) is 3. The van der Waals surface area contributed by atoms with Gasteiger partial charge in [-0.2, -0.15) is 5.10 Å². The molecule has 0 saturated carbocycles. The van der Waals surface area contributed by atoms with E-state index in [0.717, 1.165) is 11.6 Å². The lowest BCUT2D eigenvalue weighted by Crippen LogP contribution is -2.22. The molecule has 0 saturated heterocycles. The van der Waals surface area contributed by atoms with E-state index < -0.39 is 29.2 Å². The van der Waals surface area contributed by atoms with Gasteiger partial charge in [-0.3, -0.25) is 4.98 Å². The number of sulfonamides is 1. The number of benzene rings is 1. The molecule has 3 rings (SSSR count). The molecule has 0 radical (unpaired) electrons. The summed E-state index contributed by atoms with van der Waals surface area (Å²) >= 11 is 0. The summed E-state index contributed by atoms with van der Waals surface area (Å²) in [6.45, 7) is 9.38. The van der Waals surface area contributed by atoms with Gasteiger partial charge < -0.3 is 4.74 Å².